The third kappa shape index (κ3) is 2.64. The second-order valence-corrected chi connectivity index (χ2v) is 6.37. The number of aliphatic carboxylic acids is 1. The summed E-state index contributed by atoms with van der Waals surface area (Å²) < 4.78 is 0. The van der Waals surface area contributed by atoms with Crippen LogP contribution in [0.1, 0.15) is 57.8 Å². The molecule has 0 atom stereocenters. The predicted molar refractivity (Wildman–Crippen MR) is 71.2 cm³/mol. The molecule has 3 rings (SSSR count). The van der Waals surface area contributed by atoms with Crippen LogP contribution in [0.5, 0.6) is 0 Å². The minimum Gasteiger partial charge on any atom is -0.477 e. The molecule has 0 amide bonds. The lowest BCUT2D eigenvalue weighted by Crippen LogP contribution is -2.36. The third-order valence-corrected chi connectivity index (χ3v) is 5.20. The SMILES string of the molecule is O=C(O)C1=CC2(CCC(C3CCCCC3)CC2)ON1. The molecule has 106 valence electrons. The zero-order chi connectivity index (χ0) is 13.3. The fourth-order valence-electron chi connectivity index (χ4n) is 4.04. The molecule has 0 saturated heterocycles. The summed E-state index contributed by atoms with van der Waals surface area (Å²) in [6.45, 7) is 0. The highest BCUT2D eigenvalue weighted by atomic mass is 16.7. The van der Waals surface area contributed by atoms with Crippen LogP contribution in [0.25, 0.3) is 0 Å². The van der Waals surface area contributed by atoms with Gasteiger partial charge in [0.25, 0.3) is 0 Å². The summed E-state index contributed by atoms with van der Waals surface area (Å²) in [5, 5.41) is 8.97. The van der Waals surface area contributed by atoms with Crippen LogP contribution in [0, 0.1) is 11.8 Å². The van der Waals surface area contributed by atoms with Crippen molar-refractivity contribution in [1.29, 1.82) is 0 Å². The smallest absolute Gasteiger partial charge is 0.354 e. The fraction of sp³-hybridized carbons (Fsp3) is 0.800. The molecule has 2 fully saturated rings. The number of carboxylic acids is 1. The molecule has 4 heteroatoms. The van der Waals surface area contributed by atoms with Gasteiger partial charge in [0.05, 0.1) is 0 Å². The molecule has 2 saturated carbocycles. The highest BCUT2D eigenvalue weighted by molar-refractivity contribution is 5.86. The number of carboxylic acid groups (broad SMARTS) is 1. The van der Waals surface area contributed by atoms with Crippen molar-refractivity contribution in [2.45, 2.75) is 63.4 Å². The van der Waals surface area contributed by atoms with Crippen molar-refractivity contribution in [3.63, 3.8) is 0 Å². The number of hydrogen-bond donors (Lipinski definition) is 2. The van der Waals surface area contributed by atoms with E-state index >= 15 is 0 Å². The predicted octanol–water partition coefficient (Wildman–Crippen LogP) is 3.00. The maximum Gasteiger partial charge on any atom is 0.354 e. The normalized spacial score (nSPS) is 36.0. The summed E-state index contributed by atoms with van der Waals surface area (Å²) in [5.74, 6) is 0.812. The Morgan fingerprint density at radius 1 is 1.16 bits per heavy atom. The van der Waals surface area contributed by atoms with E-state index < -0.39 is 5.97 Å². The van der Waals surface area contributed by atoms with Crippen LogP contribution in [-0.4, -0.2) is 16.7 Å². The second-order valence-electron chi connectivity index (χ2n) is 6.37. The number of rotatable bonds is 2. The van der Waals surface area contributed by atoms with Crippen LogP contribution in [-0.2, 0) is 9.63 Å². The lowest BCUT2D eigenvalue weighted by molar-refractivity contribution is -0.135. The van der Waals surface area contributed by atoms with Crippen molar-refractivity contribution in [3.05, 3.63) is 11.8 Å². The Morgan fingerprint density at radius 2 is 1.79 bits per heavy atom. The lowest BCUT2D eigenvalue weighted by Gasteiger charge is -2.39. The van der Waals surface area contributed by atoms with Gasteiger partial charge in [-0.1, -0.05) is 32.1 Å². The zero-order valence-electron chi connectivity index (χ0n) is 11.4. The number of hydrogen-bond acceptors (Lipinski definition) is 3. The van der Waals surface area contributed by atoms with Crippen molar-refractivity contribution >= 4 is 5.97 Å². The first-order chi connectivity index (χ1) is 9.19. The van der Waals surface area contributed by atoms with Gasteiger partial charge in [-0.2, -0.15) is 0 Å². The van der Waals surface area contributed by atoms with Crippen molar-refractivity contribution < 1.29 is 14.7 Å². The molecule has 4 nitrogen and oxygen atoms in total. The van der Waals surface area contributed by atoms with Crippen molar-refractivity contribution in [2.24, 2.45) is 11.8 Å². The van der Waals surface area contributed by atoms with Gasteiger partial charge >= 0.3 is 5.97 Å². The molecule has 2 N–H and O–H groups in total. The fourth-order valence-corrected chi connectivity index (χ4v) is 4.04. The van der Waals surface area contributed by atoms with E-state index in [1.165, 1.54) is 44.9 Å². The standard InChI is InChI=1S/C15H23NO3/c17-14(18)13-10-15(19-16-13)8-6-12(7-9-15)11-4-2-1-3-5-11/h10-12,16H,1-9H2,(H,17,18). The molecule has 1 aliphatic heterocycles. The van der Waals surface area contributed by atoms with Crippen LogP contribution in [0.2, 0.25) is 0 Å². The molecule has 0 radical (unpaired) electrons. The highest BCUT2D eigenvalue weighted by Crippen LogP contribution is 2.44. The van der Waals surface area contributed by atoms with E-state index in [-0.39, 0.29) is 11.3 Å². The van der Waals surface area contributed by atoms with Crippen molar-refractivity contribution in [2.75, 3.05) is 0 Å². The van der Waals surface area contributed by atoms with Gasteiger partial charge in [0.2, 0.25) is 0 Å². The summed E-state index contributed by atoms with van der Waals surface area (Å²) in [5.41, 5.74) is 2.43. The first-order valence-corrected chi connectivity index (χ1v) is 7.59. The first kappa shape index (κ1) is 13.0. The van der Waals surface area contributed by atoms with E-state index in [9.17, 15) is 4.79 Å². The Hall–Kier alpha value is -1.03. The number of nitrogens with one attached hydrogen (secondary N) is 1. The Balaban J connectivity index is 1.59. The first-order valence-electron chi connectivity index (χ1n) is 7.59. The Bertz CT molecular complexity index is 377. The summed E-state index contributed by atoms with van der Waals surface area (Å²) in [6, 6.07) is 0. The molecule has 0 aromatic carbocycles. The largest absolute Gasteiger partial charge is 0.477 e. The van der Waals surface area contributed by atoms with E-state index in [2.05, 4.69) is 5.48 Å². The van der Waals surface area contributed by atoms with Gasteiger partial charge in [-0.25, -0.2) is 4.79 Å². The van der Waals surface area contributed by atoms with Gasteiger partial charge in [-0.05, 0) is 43.6 Å². The van der Waals surface area contributed by atoms with E-state index in [0.717, 1.165) is 24.7 Å². The van der Waals surface area contributed by atoms with Crippen molar-refractivity contribution in [3.8, 4) is 0 Å². The minimum atomic E-state index is -0.925. The average molecular weight is 265 g/mol. The Morgan fingerprint density at radius 3 is 2.37 bits per heavy atom. The van der Waals surface area contributed by atoms with Gasteiger partial charge in [0.1, 0.15) is 11.3 Å². The van der Waals surface area contributed by atoms with Crippen LogP contribution in [0.4, 0.5) is 0 Å². The van der Waals surface area contributed by atoms with Gasteiger partial charge < -0.3 is 5.11 Å². The summed E-state index contributed by atoms with van der Waals surface area (Å²) in [4.78, 5) is 16.5. The molecule has 0 unspecified atom stereocenters. The maximum atomic E-state index is 10.9. The van der Waals surface area contributed by atoms with E-state index in [4.69, 9.17) is 9.94 Å². The van der Waals surface area contributed by atoms with Gasteiger partial charge in [0, 0.05) is 0 Å². The third-order valence-electron chi connectivity index (χ3n) is 5.20. The summed E-state index contributed by atoms with van der Waals surface area (Å²) >= 11 is 0. The number of hydroxylamine groups is 1. The molecule has 1 spiro atoms. The molecule has 19 heavy (non-hydrogen) atoms. The molecular formula is C15H23NO3. The van der Waals surface area contributed by atoms with Crippen LogP contribution >= 0.6 is 0 Å². The Labute approximate surface area is 114 Å². The molecule has 0 aromatic rings. The summed E-state index contributed by atoms with van der Waals surface area (Å²) in [7, 11) is 0. The van der Waals surface area contributed by atoms with Gasteiger partial charge in [0.15, 0.2) is 0 Å². The molecule has 2 aliphatic carbocycles. The average Bonchev–Trinajstić information content (AvgIpc) is 2.85. The Kier molecular flexibility index (Phi) is 3.52. The zero-order valence-corrected chi connectivity index (χ0v) is 11.4. The topological polar surface area (TPSA) is 58.6 Å². The monoisotopic (exact) mass is 265 g/mol. The van der Waals surface area contributed by atoms with E-state index in [1.807, 2.05) is 0 Å². The molecular weight excluding hydrogens is 242 g/mol. The van der Waals surface area contributed by atoms with Crippen LogP contribution in [0.15, 0.2) is 11.8 Å². The number of carbonyl (C=O) groups is 1. The summed E-state index contributed by atoms with van der Waals surface area (Å²) in [6.07, 6.45) is 13.0. The molecule has 0 bridgehead atoms. The van der Waals surface area contributed by atoms with Gasteiger partial charge in [-0.3, -0.25) is 10.3 Å². The van der Waals surface area contributed by atoms with Crippen molar-refractivity contribution in [1.82, 2.24) is 5.48 Å². The lowest BCUT2D eigenvalue weighted by atomic mass is 9.69. The van der Waals surface area contributed by atoms with E-state index in [0.29, 0.717) is 0 Å². The highest BCUT2D eigenvalue weighted by Gasteiger charge is 2.41. The molecule has 1 heterocycles. The second kappa shape index (κ2) is 5.16. The van der Waals surface area contributed by atoms with E-state index in [1.54, 1.807) is 6.08 Å². The van der Waals surface area contributed by atoms with Gasteiger partial charge in [-0.15, -0.1) is 0 Å². The molecule has 3 aliphatic rings. The quantitative estimate of drug-likeness (QED) is 0.806. The molecule has 0 aromatic heterocycles. The van der Waals surface area contributed by atoms with Crippen LogP contribution < -0.4 is 5.48 Å². The minimum absolute atomic E-state index is 0.205. The maximum absolute atomic E-state index is 10.9. The van der Waals surface area contributed by atoms with Crippen LogP contribution in [0.3, 0.4) is 0 Å².